The van der Waals surface area contributed by atoms with E-state index in [1.807, 2.05) is 0 Å². The second-order valence-corrected chi connectivity index (χ2v) is 10.6. The van der Waals surface area contributed by atoms with Gasteiger partial charge in [-0.1, -0.05) is 48.5 Å². The van der Waals surface area contributed by atoms with Gasteiger partial charge in [0, 0.05) is 70.8 Å². The number of pyridine rings is 4. The van der Waals surface area contributed by atoms with Crippen molar-refractivity contribution in [3.8, 4) is 22.3 Å². The summed E-state index contributed by atoms with van der Waals surface area (Å²) < 4.78 is 9.04. The highest BCUT2D eigenvalue weighted by atomic mass is 15.0. The number of aromatic nitrogens is 4. The van der Waals surface area contributed by atoms with Gasteiger partial charge in [-0.2, -0.15) is 0 Å². The molecule has 7 aliphatic rings. The Labute approximate surface area is 235 Å². The first-order valence-corrected chi connectivity index (χ1v) is 13.9. The highest BCUT2D eigenvalue weighted by molar-refractivity contribution is 5.61. The fourth-order valence-corrected chi connectivity index (χ4v) is 5.54. The van der Waals surface area contributed by atoms with E-state index in [0.29, 0.717) is 0 Å². The molecule has 7 aliphatic heterocycles. The molecule has 0 radical (unpaired) electrons. The lowest BCUT2D eigenvalue weighted by Gasteiger charge is -2.07. The number of benzene rings is 2. The molecule has 0 spiro atoms. The van der Waals surface area contributed by atoms with E-state index in [1.165, 1.54) is 44.5 Å². The van der Waals surface area contributed by atoms with Crippen LogP contribution in [0.5, 0.6) is 0 Å². The molecule has 0 saturated heterocycles. The topological polar surface area (TPSA) is 15.5 Å². The van der Waals surface area contributed by atoms with Gasteiger partial charge < -0.3 is 0 Å². The first kappa shape index (κ1) is 24.1. The van der Waals surface area contributed by atoms with Gasteiger partial charge in [0.05, 0.1) is 0 Å². The maximum Gasteiger partial charge on any atom is 0.174 e. The Hall–Kier alpha value is -4.96. The van der Waals surface area contributed by atoms with Gasteiger partial charge in [-0.25, -0.2) is 18.3 Å². The first-order chi connectivity index (χ1) is 19.8. The van der Waals surface area contributed by atoms with Crippen molar-refractivity contribution in [2.45, 2.75) is 26.2 Å². The maximum atomic E-state index is 2.26. The average molecular weight is 521 g/mol. The third-order valence-electron chi connectivity index (χ3n) is 7.88. The summed E-state index contributed by atoms with van der Waals surface area (Å²) in [7, 11) is 0. The summed E-state index contributed by atoms with van der Waals surface area (Å²) in [4.78, 5) is 0. The molecule has 4 aromatic heterocycles. The van der Waals surface area contributed by atoms with E-state index in [4.69, 9.17) is 0 Å². The highest BCUT2D eigenvalue weighted by Crippen LogP contribution is 2.18. The van der Waals surface area contributed by atoms with Gasteiger partial charge >= 0.3 is 0 Å². The highest BCUT2D eigenvalue weighted by Gasteiger charge is 2.15. The summed E-state index contributed by atoms with van der Waals surface area (Å²) in [6.07, 6.45) is 17.5. The van der Waals surface area contributed by atoms with E-state index < -0.39 is 0 Å². The molecule has 11 heterocycles. The molecule has 0 fully saturated rings. The smallest absolute Gasteiger partial charge is 0.174 e. The van der Waals surface area contributed by atoms with Crippen LogP contribution in [-0.2, 0) is 26.2 Å². The van der Waals surface area contributed by atoms with E-state index in [0.717, 1.165) is 26.2 Å². The molecule has 0 atom stereocenters. The van der Waals surface area contributed by atoms with Crippen LogP contribution >= 0.6 is 0 Å². The van der Waals surface area contributed by atoms with Crippen LogP contribution in [0, 0.1) is 0 Å². The molecule has 0 aliphatic carbocycles. The quantitative estimate of drug-likeness (QED) is 0.258. The molecule has 0 amide bonds. The van der Waals surface area contributed by atoms with Crippen LogP contribution in [0.2, 0.25) is 0 Å². The standard InChI is InChI=1S/C36H32N4/c1-2-6-34-26-38-19-11-30(12-20-38)32-15-23-40(24-16-32)28-36-8-4-3-7-35(36)27-39-21-13-31(14-22-39)29-9-17-37(18-10-29)25-33(34)5-1/h1-24H,25-28H2/q+4. The van der Waals surface area contributed by atoms with Crippen molar-refractivity contribution < 1.29 is 18.3 Å². The SMILES string of the molecule is c1ccc2c(c1)C[n+]1ccc(cc1)-c1cc[n+](cc1)Cc1ccccc1C[n+]1ccc(cc1)-c1cc[n+](cc1)C2. The fraction of sp³-hybridized carbons (Fsp3) is 0.111. The van der Waals surface area contributed by atoms with Gasteiger partial charge in [0.1, 0.15) is 0 Å². The number of hydrogen-bond acceptors (Lipinski definition) is 0. The van der Waals surface area contributed by atoms with Gasteiger partial charge in [-0.15, -0.1) is 0 Å². The number of hydrogen-bond donors (Lipinski definition) is 0. The molecule has 192 valence electrons. The summed E-state index contributed by atoms with van der Waals surface area (Å²) in [5, 5.41) is 0. The van der Waals surface area contributed by atoms with Crippen LogP contribution in [0.15, 0.2) is 147 Å². The van der Waals surface area contributed by atoms with Crippen molar-refractivity contribution in [2.24, 2.45) is 0 Å². The molecule has 4 nitrogen and oxygen atoms in total. The third-order valence-corrected chi connectivity index (χ3v) is 7.88. The van der Waals surface area contributed by atoms with Crippen molar-refractivity contribution in [2.75, 3.05) is 0 Å². The molecule has 0 unspecified atom stereocenters. The maximum absolute atomic E-state index is 2.26. The molecular formula is C36H32N4+4. The van der Waals surface area contributed by atoms with Crippen LogP contribution in [0.1, 0.15) is 22.3 Å². The monoisotopic (exact) mass is 520 g/mol. The minimum atomic E-state index is 0.841. The van der Waals surface area contributed by atoms with E-state index >= 15 is 0 Å². The second kappa shape index (κ2) is 10.7. The van der Waals surface area contributed by atoms with E-state index in [1.54, 1.807) is 0 Å². The first-order valence-electron chi connectivity index (χ1n) is 13.9. The van der Waals surface area contributed by atoms with Crippen molar-refractivity contribution in [1.82, 2.24) is 0 Å². The molecule has 0 saturated carbocycles. The largest absolute Gasteiger partial charge is 0.201 e. The molecular weight excluding hydrogens is 488 g/mol. The van der Waals surface area contributed by atoms with E-state index in [-0.39, 0.29) is 0 Å². The lowest BCUT2D eigenvalue weighted by atomic mass is 10.1. The molecule has 2 aromatic carbocycles. The minimum Gasteiger partial charge on any atom is -0.201 e. The zero-order valence-corrected chi connectivity index (χ0v) is 22.5. The van der Waals surface area contributed by atoms with Crippen molar-refractivity contribution in [3.05, 3.63) is 169 Å². The van der Waals surface area contributed by atoms with Gasteiger partial charge in [0.25, 0.3) is 0 Å². The van der Waals surface area contributed by atoms with Crippen LogP contribution in [0.3, 0.4) is 0 Å². The van der Waals surface area contributed by atoms with Gasteiger partial charge in [-0.3, -0.25) is 0 Å². The van der Waals surface area contributed by atoms with Crippen LogP contribution in [0.4, 0.5) is 0 Å². The summed E-state index contributed by atoms with van der Waals surface area (Å²) in [6, 6.07) is 35.2. The third kappa shape index (κ3) is 5.16. The van der Waals surface area contributed by atoms with Crippen molar-refractivity contribution >= 4 is 0 Å². The Balaban J connectivity index is 1.27. The lowest BCUT2D eigenvalue weighted by Crippen LogP contribution is -2.37. The lowest BCUT2D eigenvalue weighted by molar-refractivity contribution is -0.693. The zero-order chi connectivity index (χ0) is 26.7. The molecule has 4 heteroatoms. The van der Waals surface area contributed by atoms with Gasteiger partial charge in [-0.05, 0) is 22.3 Å². The second-order valence-electron chi connectivity index (χ2n) is 10.6. The molecule has 6 aromatic rings. The minimum absolute atomic E-state index is 0.841. The molecule has 40 heavy (non-hydrogen) atoms. The molecule has 13 rings (SSSR count). The Bertz CT molecular complexity index is 1490. The van der Waals surface area contributed by atoms with E-state index in [9.17, 15) is 0 Å². The average Bonchev–Trinajstić information content (AvgIpc) is 3.00. The molecule has 8 bridgehead atoms. The van der Waals surface area contributed by atoms with Crippen LogP contribution < -0.4 is 18.3 Å². The zero-order valence-electron chi connectivity index (χ0n) is 22.5. The summed E-state index contributed by atoms with van der Waals surface area (Å²) in [6.45, 7) is 3.36. The Morgan fingerprint density at radius 3 is 0.675 bits per heavy atom. The van der Waals surface area contributed by atoms with E-state index in [2.05, 4.69) is 165 Å². The predicted octanol–water partition coefficient (Wildman–Crippen LogP) is 4.68. The summed E-state index contributed by atoms with van der Waals surface area (Å²) in [5.74, 6) is 0. The normalized spacial score (nSPS) is 12.6. The van der Waals surface area contributed by atoms with Gasteiger partial charge in [0.15, 0.2) is 75.8 Å². The summed E-state index contributed by atoms with van der Waals surface area (Å²) in [5.41, 5.74) is 10.2. The van der Waals surface area contributed by atoms with Crippen molar-refractivity contribution in [1.29, 1.82) is 0 Å². The van der Waals surface area contributed by atoms with Crippen molar-refractivity contribution in [3.63, 3.8) is 0 Å². The molecule has 0 N–H and O–H groups in total. The summed E-state index contributed by atoms with van der Waals surface area (Å²) >= 11 is 0. The predicted molar refractivity (Wildman–Crippen MR) is 154 cm³/mol. The fourth-order valence-electron chi connectivity index (χ4n) is 5.54. The Kier molecular flexibility index (Phi) is 6.42. The number of rotatable bonds is 0. The van der Waals surface area contributed by atoms with Crippen LogP contribution in [0.25, 0.3) is 22.3 Å². The number of nitrogens with zero attached hydrogens (tertiary/aromatic N) is 4. The Morgan fingerprint density at radius 2 is 0.475 bits per heavy atom. The van der Waals surface area contributed by atoms with Crippen LogP contribution in [-0.4, -0.2) is 0 Å². The van der Waals surface area contributed by atoms with Gasteiger partial charge in [0.2, 0.25) is 0 Å². The Morgan fingerprint density at radius 1 is 0.275 bits per heavy atom.